The van der Waals surface area contributed by atoms with Gasteiger partial charge in [0.25, 0.3) is 0 Å². The van der Waals surface area contributed by atoms with Crippen molar-refractivity contribution in [3.8, 4) is 28.3 Å². The maximum atomic E-state index is 11.4. The maximum Gasteiger partial charge on any atom is 0.320 e. The van der Waals surface area contributed by atoms with Crippen LogP contribution in [0.4, 0.5) is 0 Å². The number of carboxylic acids is 1. The van der Waals surface area contributed by atoms with Crippen molar-refractivity contribution in [1.82, 2.24) is 9.88 Å². The predicted molar refractivity (Wildman–Crippen MR) is 139 cm³/mol. The first-order valence-electron chi connectivity index (χ1n) is 12.4. The van der Waals surface area contributed by atoms with E-state index in [9.17, 15) is 9.90 Å². The molecule has 1 N–H and O–H groups in total. The van der Waals surface area contributed by atoms with Gasteiger partial charge < -0.3 is 14.3 Å². The number of nitrogens with zero attached hydrogens (tertiary/aromatic N) is 2. The number of carbonyl (C=O) groups is 1. The van der Waals surface area contributed by atoms with Gasteiger partial charge in [-0.05, 0) is 67.3 Å². The van der Waals surface area contributed by atoms with Gasteiger partial charge in [-0.3, -0.25) is 9.69 Å². The number of ether oxygens (including phenoxy) is 1. The summed E-state index contributed by atoms with van der Waals surface area (Å²) < 4.78 is 11.9. The Bertz CT molecular complexity index is 1300. The smallest absolute Gasteiger partial charge is 0.320 e. The zero-order valence-corrected chi connectivity index (χ0v) is 20.4. The van der Waals surface area contributed by atoms with Crippen LogP contribution < -0.4 is 4.74 Å². The largest absolute Gasteiger partial charge is 0.493 e. The van der Waals surface area contributed by atoms with Crippen LogP contribution in [0.15, 0.2) is 83.3 Å². The maximum absolute atomic E-state index is 11.4. The van der Waals surface area contributed by atoms with Crippen molar-refractivity contribution in [2.45, 2.75) is 38.8 Å². The third-order valence-electron chi connectivity index (χ3n) is 6.70. The Labute approximate surface area is 211 Å². The van der Waals surface area contributed by atoms with Gasteiger partial charge in [0.05, 0.1) is 12.3 Å². The molecule has 36 heavy (non-hydrogen) atoms. The van der Waals surface area contributed by atoms with Crippen molar-refractivity contribution in [2.75, 3.05) is 13.2 Å². The average Bonchev–Trinajstić information content (AvgIpc) is 3.52. The summed E-state index contributed by atoms with van der Waals surface area (Å²) in [7, 11) is 0. The van der Waals surface area contributed by atoms with Gasteiger partial charge in [0, 0.05) is 18.5 Å². The number of oxazole rings is 1. The highest BCUT2D eigenvalue weighted by molar-refractivity contribution is 5.73. The second-order valence-corrected chi connectivity index (χ2v) is 9.17. The number of rotatable bonds is 9. The van der Waals surface area contributed by atoms with Gasteiger partial charge in [0.1, 0.15) is 17.6 Å². The summed E-state index contributed by atoms with van der Waals surface area (Å²) in [4.78, 5) is 18.1. The van der Waals surface area contributed by atoms with E-state index in [0.29, 0.717) is 25.5 Å². The highest BCUT2D eigenvalue weighted by atomic mass is 16.5. The molecule has 0 unspecified atom stereocenters. The van der Waals surface area contributed by atoms with Crippen molar-refractivity contribution in [3.05, 3.63) is 95.9 Å². The van der Waals surface area contributed by atoms with Gasteiger partial charge in [-0.25, -0.2) is 4.98 Å². The quantitative estimate of drug-likeness (QED) is 0.316. The Hall–Kier alpha value is -3.90. The monoisotopic (exact) mass is 482 g/mol. The SMILES string of the molecule is Cc1oc(-c2ccc(-c3ccccc3)cc2)nc1CCOc1ccc(CN2CCC[C@H]2C(=O)O)cc1. The molecular weight excluding hydrogens is 452 g/mol. The minimum absolute atomic E-state index is 0.377. The summed E-state index contributed by atoms with van der Waals surface area (Å²) in [5.74, 6) is 1.47. The van der Waals surface area contributed by atoms with Gasteiger partial charge in [-0.1, -0.05) is 54.6 Å². The molecular formula is C30H30N2O4. The molecule has 3 aromatic carbocycles. The summed E-state index contributed by atoms with van der Waals surface area (Å²) in [5.41, 5.74) is 5.26. The lowest BCUT2D eigenvalue weighted by molar-refractivity contribution is -0.142. The molecule has 0 radical (unpaired) electrons. The first-order valence-corrected chi connectivity index (χ1v) is 12.4. The molecule has 2 heterocycles. The number of aromatic nitrogens is 1. The van der Waals surface area contributed by atoms with E-state index in [1.807, 2.05) is 66.4 Å². The number of carboxylic acid groups (broad SMARTS) is 1. The van der Waals surface area contributed by atoms with E-state index in [-0.39, 0.29) is 6.04 Å². The van der Waals surface area contributed by atoms with Crippen LogP contribution in [0.25, 0.3) is 22.6 Å². The number of benzene rings is 3. The Balaban J connectivity index is 1.15. The first kappa shape index (κ1) is 23.8. The van der Waals surface area contributed by atoms with E-state index in [1.165, 1.54) is 5.56 Å². The molecule has 4 aromatic rings. The Morgan fingerprint density at radius 3 is 2.42 bits per heavy atom. The van der Waals surface area contributed by atoms with Crippen molar-refractivity contribution < 1.29 is 19.1 Å². The summed E-state index contributed by atoms with van der Waals surface area (Å²) in [6.45, 7) is 3.89. The van der Waals surface area contributed by atoms with Crippen molar-refractivity contribution in [1.29, 1.82) is 0 Å². The van der Waals surface area contributed by atoms with Crippen LogP contribution in [0.2, 0.25) is 0 Å². The standard InChI is InChI=1S/C30H30N2O4/c1-21-27(31-29(36-21)25-13-11-24(12-14-25)23-6-3-2-4-7-23)17-19-35-26-15-9-22(10-16-26)20-32-18-5-8-28(32)30(33)34/h2-4,6-7,9-16,28H,5,8,17-20H2,1H3,(H,33,34)/t28-/m0/s1. The van der Waals surface area contributed by atoms with Gasteiger partial charge in [-0.2, -0.15) is 0 Å². The van der Waals surface area contributed by atoms with Crippen LogP contribution in [0.3, 0.4) is 0 Å². The molecule has 1 fully saturated rings. The molecule has 0 saturated carbocycles. The minimum atomic E-state index is -0.733. The fourth-order valence-electron chi connectivity index (χ4n) is 4.71. The Morgan fingerprint density at radius 1 is 1.00 bits per heavy atom. The van der Waals surface area contributed by atoms with E-state index >= 15 is 0 Å². The van der Waals surface area contributed by atoms with E-state index < -0.39 is 5.97 Å². The lowest BCUT2D eigenvalue weighted by Crippen LogP contribution is -2.35. The summed E-state index contributed by atoms with van der Waals surface area (Å²) in [6, 6.07) is 26.0. The lowest BCUT2D eigenvalue weighted by atomic mass is 10.0. The van der Waals surface area contributed by atoms with Gasteiger partial charge in [-0.15, -0.1) is 0 Å². The normalized spacial score (nSPS) is 15.8. The van der Waals surface area contributed by atoms with Gasteiger partial charge in [0.2, 0.25) is 5.89 Å². The van der Waals surface area contributed by atoms with Crippen LogP contribution in [-0.4, -0.2) is 40.2 Å². The van der Waals surface area contributed by atoms with E-state index in [0.717, 1.165) is 53.3 Å². The third kappa shape index (κ3) is 5.50. The Morgan fingerprint density at radius 2 is 1.69 bits per heavy atom. The number of aliphatic carboxylic acids is 1. The van der Waals surface area contributed by atoms with Crippen LogP contribution in [0.5, 0.6) is 5.75 Å². The molecule has 1 aliphatic rings. The number of likely N-dealkylation sites (tertiary alicyclic amines) is 1. The molecule has 0 spiro atoms. The molecule has 6 heteroatoms. The summed E-state index contributed by atoms with van der Waals surface area (Å²) in [6.07, 6.45) is 2.30. The zero-order valence-electron chi connectivity index (χ0n) is 20.4. The van der Waals surface area contributed by atoms with Crippen LogP contribution in [0.1, 0.15) is 29.9 Å². The molecule has 1 aromatic heterocycles. The summed E-state index contributed by atoms with van der Waals surface area (Å²) in [5, 5.41) is 9.36. The average molecular weight is 483 g/mol. The molecule has 0 amide bonds. The van der Waals surface area contributed by atoms with Crippen LogP contribution in [0, 0.1) is 6.92 Å². The predicted octanol–water partition coefficient (Wildman–Crippen LogP) is 5.99. The molecule has 0 bridgehead atoms. The molecule has 5 rings (SSSR count). The second-order valence-electron chi connectivity index (χ2n) is 9.17. The third-order valence-corrected chi connectivity index (χ3v) is 6.70. The molecule has 1 atom stereocenters. The highest BCUT2D eigenvalue weighted by Crippen LogP contribution is 2.26. The van der Waals surface area contributed by atoms with Crippen molar-refractivity contribution in [2.24, 2.45) is 0 Å². The highest BCUT2D eigenvalue weighted by Gasteiger charge is 2.30. The molecule has 6 nitrogen and oxygen atoms in total. The Kier molecular flexibility index (Phi) is 7.14. The molecule has 184 valence electrons. The number of aryl methyl sites for hydroxylation is 1. The number of hydrogen-bond acceptors (Lipinski definition) is 5. The number of hydrogen-bond donors (Lipinski definition) is 1. The second kappa shape index (κ2) is 10.8. The van der Waals surface area contributed by atoms with Crippen LogP contribution >= 0.6 is 0 Å². The van der Waals surface area contributed by atoms with Gasteiger partial charge >= 0.3 is 5.97 Å². The fraction of sp³-hybridized carbons (Fsp3) is 0.267. The van der Waals surface area contributed by atoms with E-state index in [4.69, 9.17) is 14.1 Å². The molecule has 0 aliphatic carbocycles. The lowest BCUT2D eigenvalue weighted by Gasteiger charge is -2.21. The van der Waals surface area contributed by atoms with E-state index in [1.54, 1.807) is 0 Å². The van der Waals surface area contributed by atoms with Gasteiger partial charge in [0.15, 0.2) is 0 Å². The first-order chi connectivity index (χ1) is 17.6. The minimum Gasteiger partial charge on any atom is -0.493 e. The topological polar surface area (TPSA) is 75.8 Å². The van der Waals surface area contributed by atoms with Crippen LogP contribution in [-0.2, 0) is 17.8 Å². The fourth-order valence-corrected chi connectivity index (χ4v) is 4.71. The zero-order chi connectivity index (χ0) is 24.9. The van der Waals surface area contributed by atoms with Crippen molar-refractivity contribution in [3.63, 3.8) is 0 Å². The van der Waals surface area contributed by atoms with Crippen molar-refractivity contribution >= 4 is 5.97 Å². The molecule has 1 saturated heterocycles. The van der Waals surface area contributed by atoms with E-state index in [2.05, 4.69) is 24.3 Å². The summed E-state index contributed by atoms with van der Waals surface area (Å²) >= 11 is 0. The molecule has 1 aliphatic heterocycles.